The number of ether oxygens (including phenoxy) is 2. The molecular weight excluding hydrogens is 206 g/mol. The van der Waals surface area contributed by atoms with Gasteiger partial charge in [0.1, 0.15) is 18.4 Å². The van der Waals surface area contributed by atoms with Crippen molar-refractivity contribution in [3.8, 4) is 5.75 Å². The number of benzene rings is 1. The van der Waals surface area contributed by atoms with Crippen LogP contribution in [-0.4, -0.2) is 36.7 Å². The molecule has 4 heteroatoms. The van der Waals surface area contributed by atoms with Gasteiger partial charge in [0.2, 0.25) is 0 Å². The summed E-state index contributed by atoms with van der Waals surface area (Å²) < 4.78 is 10.0. The van der Waals surface area contributed by atoms with Crippen LogP contribution >= 0.6 is 0 Å². The lowest BCUT2D eigenvalue weighted by molar-refractivity contribution is -0.141. The van der Waals surface area contributed by atoms with Gasteiger partial charge >= 0.3 is 5.97 Å². The molecule has 0 saturated carbocycles. The van der Waals surface area contributed by atoms with Crippen LogP contribution in [0.4, 0.5) is 0 Å². The Morgan fingerprint density at radius 2 is 2.19 bits per heavy atom. The van der Waals surface area contributed by atoms with Crippen LogP contribution < -0.4 is 4.74 Å². The van der Waals surface area contributed by atoms with Crippen molar-refractivity contribution in [1.82, 2.24) is 4.90 Å². The third-order valence-electron chi connectivity index (χ3n) is 3.22. The first-order valence-corrected chi connectivity index (χ1v) is 5.35. The van der Waals surface area contributed by atoms with Gasteiger partial charge in [0.15, 0.2) is 0 Å². The summed E-state index contributed by atoms with van der Waals surface area (Å²) in [6, 6.07) is 8.26. The molecular formula is C12H13NO3. The van der Waals surface area contributed by atoms with Crippen molar-refractivity contribution >= 4 is 5.97 Å². The molecule has 2 saturated heterocycles. The zero-order chi connectivity index (χ0) is 11.1. The predicted octanol–water partition coefficient (Wildman–Crippen LogP) is 0.805. The summed E-state index contributed by atoms with van der Waals surface area (Å²) in [5.74, 6) is 0.785. The van der Waals surface area contributed by atoms with Crippen LogP contribution in [0.5, 0.6) is 5.75 Å². The molecule has 4 nitrogen and oxygen atoms in total. The van der Waals surface area contributed by atoms with Gasteiger partial charge in [-0.15, -0.1) is 0 Å². The highest BCUT2D eigenvalue weighted by Gasteiger charge is 2.58. The van der Waals surface area contributed by atoms with E-state index in [-0.39, 0.29) is 12.0 Å². The summed E-state index contributed by atoms with van der Waals surface area (Å²) in [6.45, 7) is 1.37. The van der Waals surface area contributed by atoms with E-state index in [0.29, 0.717) is 12.6 Å². The van der Waals surface area contributed by atoms with Crippen LogP contribution in [0.15, 0.2) is 24.3 Å². The first kappa shape index (κ1) is 9.66. The van der Waals surface area contributed by atoms with Gasteiger partial charge in [-0.2, -0.15) is 0 Å². The summed E-state index contributed by atoms with van der Waals surface area (Å²) in [5, 5.41) is 0. The Kier molecular flexibility index (Phi) is 2.11. The molecule has 3 rings (SSSR count). The molecule has 0 aliphatic carbocycles. The van der Waals surface area contributed by atoms with Crippen molar-refractivity contribution in [2.75, 3.05) is 13.7 Å². The summed E-state index contributed by atoms with van der Waals surface area (Å²) >= 11 is 0. The number of methoxy groups -OCH3 is 1. The molecule has 0 bridgehead atoms. The van der Waals surface area contributed by atoms with Crippen LogP contribution in [-0.2, 0) is 16.1 Å². The average Bonchev–Trinajstić information content (AvgIpc) is 2.85. The second-order valence-corrected chi connectivity index (χ2v) is 4.16. The van der Waals surface area contributed by atoms with Gasteiger partial charge in [-0.1, -0.05) is 12.1 Å². The van der Waals surface area contributed by atoms with E-state index in [9.17, 15) is 4.79 Å². The van der Waals surface area contributed by atoms with Crippen molar-refractivity contribution in [3.05, 3.63) is 29.8 Å². The van der Waals surface area contributed by atoms with Crippen LogP contribution in [0.3, 0.4) is 0 Å². The number of hydrogen-bond donors (Lipinski definition) is 0. The lowest BCUT2D eigenvalue weighted by Crippen LogP contribution is -2.16. The quantitative estimate of drug-likeness (QED) is 0.557. The summed E-state index contributed by atoms with van der Waals surface area (Å²) in [7, 11) is 1.65. The average molecular weight is 219 g/mol. The number of rotatable bonds is 3. The van der Waals surface area contributed by atoms with Gasteiger partial charge in [0.05, 0.1) is 13.2 Å². The first-order valence-electron chi connectivity index (χ1n) is 5.35. The van der Waals surface area contributed by atoms with Crippen molar-refractivity contribution in [1.29, 1.82) is 0 Å². The van der Waals surface area contributed by atoms with E-state index in [4.69, 9.17) is 9.47 Å². The third-order valence-corrected chi connectivity index (χ3v) is 3.22. The Labute approximate surface area is 93.8 Å². The van der Waals surface area contributed by atoms with E-state index >= 15 is 0 Å². The molecule has 84 valence electrons. The van der Waals surface area contributed by atoms with Gasteiger partial charge in [-0.3, -0.25) is 9.69 Å². The Balaban J connectivity index is 1.65. The topological polar surface area (TPSA) is 38.5 Å². The highest BCUT2D eigenvalue weighted by Crippen LogP contribution is 2.36. The number of hydrogen-bond acceptors (Lipinski definition) is 4. The molecule has 16 heavy (non-hydrogen) atoms. The Morgan fingerprint density at radius 1 is 1.44 bits per heavy atom. The van der Waals surface area contributed by atoms with Crippen molar-refractivity contribution in [2.45, 2.75) is 18.6 Å². The minimum absolute atomic E-state index is 0.0158. The predicted molar refractivity (Wildman–Crippen MR) is 57.1 cm³/mol. The number of esters is 1. The molecule has 1 aromatic carbocycles. The molecule has 0 aromatic heterocycles. The summed E-state index contributed by atoms with van der Waals surface area (Å²) in [6.07, 6.45) is 0. The van der Waals surface area contributed by atoms with Crippen molar-refractivity contribution in [3.63, 3.8) is 0 Å². The molecule has 0 amide bonds. The molecule has 1 aromatic rings. The normalized spacial score (nSPS) is 30.8. The Morgan fingerprint density at radius 3 is 2.75 bits per heavy atom. The zero-order valence-electron chi connectivity index (χ0n) is 9.05. The molecule has 2 aliphatic heterocycles. The maximum absolute atomic E-state index is 11.2. The number of cyclic esters (lactones) is 1. The van der Waals surface area contributed by atoms with Gasteiger partial charge in [-0.25, -0.2) is 0 Å². The SMILES string of the molecule is COc1ccc(CN2[C@@H]3COC(=O)[C@@H]32)cc1. The molecule has 3 atom stereocenters. The van der Waals surface area contributed by atoms with E-state index in [1.54, 1.807) is 7.11 Å². The van der Waals surface area contributed by atoms with Crippen LogP contribution in [0, 0.1) is 0 Å². The number of nitrogens with zero attached hydrogens (tertiary/aromatic N) is 1. The van der Waals surface area contributed by atoms with E-state index < -0.39 is 0 Å². The van der Waals surface area contributed by atoms with Crippen molar-refractivity contribution in [2.24, 2.45) is 0 Å². The molecule has 2 heterocycles. The second-order valence-electron chi connectivity index (χ2n) is 4.16. The molecule has 0 spiro atoms. The fraction of sp³-hybridized carbons (Fsp3) is 0.417. The van der Waals surface area contributed by atoms with Gasteiger partial charge in [-0.05, 0) is 17.7 Å². The monoisotopic (exact) mass is 219 g/mol. The number of carbonyl (C=O) groups is 1. The zero-order valence-corrected chi connectivity index (χ0v) is 9.05. The molecule has 0 radical (unpaired) electrons. The Hall–Kier alpha value is -1.55. The van der Waals surface area contributed by atoms with Crippen LogP contribution in [0.25, 0.3) is 0 Å². The summed E-state index contributed by atoms with van der Waals surface area (Å²) in [4.78, 5) is 13.4. The van der Waals surface area contributed by atoms with E-state index in [0.717, 1.165) is 12.3 Å². The highest BCUT2D eigenvalue weighted by atomic mass is 16.5. The molecule has 0 N–H and O–H groups in total. The van der Waals surface area contributed by atoms with Crippen molar-refractivity contribution < 1.29 is 14.3 Å². The molecule has 1 unspecified atom stereocenters. The smallest absolute Gasteiger partial charge is 0.325 e. The van der Waals surface area contributed by atoms with E-state index in [2.05, 4.69) is 4.90 Å². The van der Waals surface area contributed by atoms with Gasteiger partial charge in [0, 0.05) is 6.54 Å². The summed E-state index contributed by atoms with van der Waals surface area (Å²) in [5.41, 5.74) is 1.20. The molecule has 2 fully saturated rings. The fourth-order valence-electron chi connectivity index (χ4n) is 2.22. The second kappa shape index (κ2) is 3.49. The minimum atomic E-state index is -0.0708. The van der Waals surface area contributed by atoms with E-state index in [1.165, 1.54) is 5.56 Å². The number of morpholine rings is 1. The van der Waals surface area contributed by atoms with Gasteiger partial charge in [0.25, 0.3) is 0 Å². The maximum Gasteiger partial charge on any atom is 0.325 e. The minimum Gasteiger partial charge on any atom is -0.497 e. The first-order chi connectivity index (χ1) is 7.79. The Bertz CT molecular complexity index is 415. The maximum atomic E-state index is 11.2. The van der Waals surface area contributed by atoms with Gasteiger partial charge < -0.3 is 9.47 Å². The number of carbonyl (C=O) groups excluding carboxylic acids is 1. The van der Waals surface area contributed by atoms with E-state index in [1.807, 2.05) is 24.3 Å². The highest BCUT2D eigenvalue weighted by molar-refractivity contribution is 5.82. The lowest BCUT2D eigenvalue weighted by atomic mass is 10.2. The third kappa shape index (κ3) is 1.46. The molecule has 2 aliphatic rings. The van der Waals surface area contributed by atoms with Crippen LogP contribution in [0.2, 0.25) is 0 Å². The largest absolute Gasteiger partial charge is 0.497 e. The standard InChI is InChI=1S/C12H13NO3/c1-15-9-4-2-8(3-5-9)6-13-10-7-16-12(14)11(10)13/h2-5,10-11H,6-7H2,1H3/t10-,11-,13?/m1/s1. The lowest BCUT2D eigenvalue weighted by Gasteiger charge is -2.08. The number of fused-ring (bicyclic) bond motifs is 1. The van der Waals surface area contributed by atoms with Crippen LogP contribution in [0.1, 0.15) is 5.56 Å². The fourth-order valence-corrected chi connectivity index (χ4v) is 2.22.